The van der Waals surface area contributed by atoms with Gasteiger partial charge in [0.15, 0.2) is 0 Å². The zero-order valence-electron chi connectivity index (χ0n) is 18.3. The van der Waals surface area contributed by atoms with Crippen molar-refractivity contribution in [2.24, 2.45) is 5.92 Å². The van der Waals surface area contributed by atoms with Crippen molar-refractivity contribution >= 4 is 17.5 Å². The first-order chi connectivity index (χ1) is 15.1. The summed E-state index contributed by atoms with van der Waals surface area (Å²) in [5, 5.41) is 2.94. The summed E-state index contributed by atoms with van der Waals surface area (Å²) in [6, 6.07) is 12.0. The number of anilines is 1. The lowest BCUT2D eigenvalue weighted by atomic mass is 9.95. The number of halogens is 3. The molecule has 1 aliphatic heterocycles. The normalized spacial score (nSPS) is 15.1. The number of nitrogens with zero attached hydrogens (tertiary/aromatic N) is 2. The SMILES string of the molecule is CN(C)CCc1ccc(NC(=O)C2CCN(C(=O)c3ccc(C(F)(F)F)cc3)CC2)cc1. The van der Waals surface area contributed by atoms with E-state index in [1.165, 1.54) is 17.7 Å². The van der Waals surface area contributed by atoms with Crippen molar-refractivity contribution in [3.8, 4) is 0 Å². The summed E-state index contributed by atoms with van der Waals surface area (Å²) < 4.78 is 38.1. The third-order valence-corrected chi connectivity index (χ3v) is 5.68. The lowest BCUT2D eigenvalue weighted by Crippen LogP contribution is -2.41. The number of benzene rings is 2. The van der Waals surface area contributed by atoms with Gasteiger partial charge in [0.25, 0.3) is 5.91 Å². The molecule has 8 heteroatoms. The molecule has 0 saturated carbocycles. The molecule has 172 valence electrons. The highest BCUT2D eigenvalue weighted by Crippen LogP contribution is 2.29. The quantitative estimate of drug-likeness (QED) is 0.719. The second-order valence-electron chi connectivity index (χ2n) is 8.38. The van der Waals surface area contributed by atoms with Crippen LogP contribution in [0.15, 0.2) is 48.5 Å². The van der Waals surface area contributed by atoms with E-state index in [4.69, 9.17) is 0 Å². The zero-order valence-corrected chi connectivity index (χ0v) is 18.3. The van der Waals surface area contributed by atoms with E-state index in [-0.39, 0.29) is 23.3 Å². The highest BCUT2D eigenvalue weighted by molar-refractivity contribution is 5.95. The Hall–Kier alpha value is -2.87. The average Bonchev–Trinajstić information content (AvgIpc) is 2.77. The van der Waals surface area contributed by atoms with Crippen LogP contribution in [-0.2, 0) is 17.4 Å². The van der Waals surface area contributed by atoms with Crippen molar-refractivity contribution in [2.45, 2.75) is 25.4 Å². The van der Waals surface area contributed by atoms with Crippen molar-refractivity contribution in [1.29, 1.82) is 0 Å². The number of nitrogens with one attached hydrogen (secondary N) is 1. The summed E-state index contributed by atoms with van der Waals surface area (Å²) in [7, 11) is 4.05. The lowest BCUT2D eigenvalue weighted by Gasteiger charge is -2.31. The molecular weight excluding hydrogens is 419 g/mol. The van der Waals surface area contributed by atoms with Crippen LogP contribution < -0.4 is 5.32 Å². The average molecular weight is 448 g/mol. The minimum Gasteiger partial charge on any atom is -0.339 e. The fraction of sp³-hybridized carbons (Fsp3) is 0.417. The molecule has 5 nitrogen and oxygen atoms in total. The second kappa shape index (κ2) is 10.2. The third kappa shape index (κ3) is 6.32. The number of piperidine rings is 1. The van der Waals surface area contributed by atoms with Gasteiger partial charge >= 0.3 is 6.18 Å². The first kappa shape index (κ1) is 23.8. The Morgan fingerprint density at radius 3 is 2.12 bits per heavy atom. The molecule has 1 fully saturated rings. The number of likely N-dealkylation sites (N-methyl/N-ethyl adjacent to an activating group) is 1. The van der Waals surface area contributed by atoms with Gasteiger partial charge in [0.05, 0.1) is 5.56 Å². The molecule has 0 bridgehead atoms. The van der Waals surface area contributed by atoms with Crippen LogP contribution in [0, 0.1) is 5.92 Å². The number of amides is 2. The van der Waals surface area contributed by atoms with Crippen LogP contribution in [-0.4, -0.2) is 55.3 Å². The summed E-state index contributed by atoms with van der Waals surface area (Å²) in [6.45, 7) is 1.73. The molecule has 1 saturated heterocycles. The number of hydrogen-bond donors (Lipinski definition) is 1. The highest BCUT2D eigenvalue weighted by atomic mass is 19.4. The van der Waals surface area contributed by atoms with E-state index in [0.29, 0.717) is 25.9 Å². The smallest absolute Gasteiger partial charge is 0.339 e. The third-order valence-electron chi connectivity index (χ3n) is 5.68. The van der Waals surface area contributed by atoms with Crippen LogP contribution in [0.25, 0.3) is 0 Å². The Labute approximate surface area is 186 Å². The maximum absolute atomic E-state index is 12.7. The molecule has 0 unspecified atom stereocenters. The Kier molecular flexibility index (Phi) is 7.56. The van der Waals surface area contributed by atoms with Crippen molar-refractivity contribution in [3.63, 3.8) is 0 Å². The number of alkyl halides is 3. The zero-order chi connectivity index (χ0) is 23.3. The standard InChI is InChI=1S/C24H28F3N3O2/c1-29(2)14-11-17-3-9-21(10-4-17)28-22(31)18-12-15-30(16-13-18)23(32)19-5-7-20(8-6-19)24(25,26)27/h3-10,18H,11-16H2,1-2H3,(H,28,31). The van der Waals surface area contributed by atoms with Gasteiger partial charge in [-0.3, -0.25) is 9.59 Å². The molecule has 0 atom stereocenters. The maximum Gasteiger partial charge on any atom is 0.416 e. The van der Waals surface area contributed by atoms with Gasteiger partial charge in [-0.05, 0) is 75.3 Å². The fourth-order valence-corrected chi connectivity index (χ4v) is 3.68. The molecule has 3 rings (SSSR count). The van der Waals surface area contributed by atoms with Crippen LogP contribution in [0.2, 0.25) is 0 Å². The van der Waals surface area contributed by atoms with E-state index in [1.54, 1.807) is 4.90 Å². The minimum absolute atomic E-state index is 0.0762. The first-order valence-electron chi connectivity index (χ1n) is 10.6. The molecule has 2 aromatic rings. The summed E-state index contributed by atoms with van der Waals surface area (Å²) in [6.07, 6.45) is -2.47. The fourth-order valence-electron chi connectivity index (χ4n) is 3.68. The predicted molar refractivity (Wildman–Crippen MR) is 117 cm³/mol. The van der Waals surface area contributed by atoms with Crippen LogP contribution in [0.1, 0.15) is 34.3 Å². The maximum atomic E-state index is 12.7. The van der Waals surface area contributed by atoms with E-state index in [0.717, 1.165) is 30.8 Å². The summed E-state index contributed by atoms with van der Waals surface area (Å²) in [4.78, 5) is 28.9. The highest BCUT2D eigenvalue weighted by Gasteiger charge is 2.31. The van der Waals surface area contributed by atoms with Crippen molar-refractivity contribution < 1.29 is 22.8 Å². The second-order valence-corrected chi connectivity index (χ2v) is 8.38. The van der Waals surface area contributed by atoms with Gasteiger partial charge < -0.3 is 15.1 Å². The molecule has 0 radical (unpaired) electrons. The molecule has 0 aliphatic carbocycles. The van der Waals surface area contributed by atoms with Crippen LogP contribution in [0.5, 0.6) is 0 Å². The van der Waals surface area contributed by atoms with E-state index in [9.17, 15) is 22.8 Å². The topological polar surface area (TPSA) is 52.7 Å². The first-order valence-corrected chi connectivity index (χ1v) is 10.6. The molecule has 2 aromatic carbocycles. The van der Waals surface area contributed by atoms with Crippen molar-refractivity contribution in [3.05, 3.63) is 65.2 Å². The Morgan fingerprint density at radius 1 is 1.00 bits per heavy atom. The van der Waals surface area contributed by atoms with E-state index in [2.05, 4.69) is 10.2 Å². The van der Waals surface area contributed by atoms with Gasteiger partial charge in [0.1, 0.15) is 0 Å². The number of carbonyl (C=O) groups is 2. The molecule has 32 heavy (non-hydrogen) atoms. The Morgan fingerprint density at radius 2 is 1.59 bits per heavy atom. The monoisotopic (exact) mass is 447 g/mol. The van der Waals surface area contributed by atoms with Gasteiger partial charge in [-0.2, -0.15) is 13.2 Å². The number of likely N-dealkylation sites (tertiary alicyclic amines) is 1. The molecule has 1 aliphatic rings. The molecule has 0 spiro atoms. The van der Waals surface area contributed by atoms with Gasteiger partial charge in [-0.25, -0.2) is 0 Å². The number of hydrogen-bond acceptors (Lipinski definition) is 3. The van der Waals surface area contributed by atoms with Crippen LogP contribution in [0.3, 0.4) is 0 Å². The van der Waals surface area contributed by atoms with Crippen LogP contribution in [0.4, 0.5) is 18.9 Å². The Balaban J connectivity index is 1.49. The largest absolute Gasteiger partial charge is 0.416 e. The van der Waals surface area contributed by atoms with E-state index in [1.807, 2.05) is 38.4 Å². The summed E-state index contributed by atoms with van der Waals surface area (Å²) in [5.41, 5.74) is 1.38. The molecule has 1 N–H and O–H groups in total. The number of rotatable bonds is 6. The summed E-state index contributed by atoms with van der Waals surface area (Å²) in [5.74, 6) is -0.598. The molecule has 0 aromatic heterocycles. The van der Waals surface area contributed by atoms with E-state index >= 15 is 0 Å². The molecule has 2 amide bonds. The Bertz CT molecular complexity index is 917. The van der Waals surface area contributed by atoms with Crippen molar-refractivity contribution in [1.82, 2.24) is 9.80 Å². The van der Waals surface area contributed by atoms with Gasteiger partial charge in [-0.15, -0.1) is 0 Å². The molecular formula is C24H28F3N3O2. The van der Waals surface area contributed by atoms with Gasteiger partial charge in [0, 0.05) is 36.8 Å². The number of carbonyl (C=O) groups excluding carboxylic acids is 2. The van der Waals surface area contributed by atoms with Crippen molar-refractivity contribution in [2.75, 3.05) is 39.0 Å². The van der Waals surface area contributed by atoms with E-state index < -0.39 is 11.7 Å². The summed E-state index contributed by atoms with van der Waals surface area (Å²) >= 11 is 0. The lowest BCUT2D eigenvalue weighted by molar-refractivity contribution is -0.137. The minimum atomic E-state index is -4.43. The van der Waals surface area contributed by atoms with Gasteiger partial charge in [-0.1, -0.05) is 12.1 Å². The van der Waals surface area contributed by atoms with Gasteiger partial charge in [0.2, 0.25) is 5.91 Å². The van der Waals surface area contributed by atoms with Crippen LogP contribution >= 0.6 is 0 Å². The predicted octanol–water partition coefficient (Wildman–Crippen LogP) is 4.30. The molecule has 1 heterocycles.